The van der Waals surface area contributed by atoms with Crippen molar-refractivity contribution in [2.45, 2.75) is 74.8 Å². The number of nitrogens with zero attached hydrogens (tertiary/aromatic N) is 1. The molecule has 10 heteroatoms. The molecule has 0 aliphatic heterocycles. The first-order chi connectivity index (χ1) is 13.6. The van der Waals surface area contributed by atoms with Crippen LogP contribution in [0.1, 0.15) is 48.0 Å². The lowest BCUT2D eigenvalue weighted by molar-refractivity contribution is -0.159. The maximum atomic E-state index is 14.8. The van der Waals surface area contributed by atoms with Gasteiger partial charge in [0.05, 0.1) is 16.6 Å². The van der Waals surface area contributed by atoms with Gasteiger partial charge in [-0.1, -0.05) is 12.1 Å². The third-order valence-corrected chi connectivity index (χ3v) is 5.40. The molecule has 30 heavy (non-hydrogen) atoms. The molecular formula is C20H26F2N2O4S2. The molecule has 0 aliphatic rings. The number of hydrogen-bond donors (Lipinski definition) is 1. The standard InChI is InChI=1S/C20H26F2N2O4S2/c1-18(2,3)27-15(25)13(23-16(26)28-19(4,5)6)11-20(21,22)30-17-24-12-9-7-8-10-14(12)29-17/h7-10,13H,11H2,1-6H3,(H,23,26). The lowest BCUT2D eigenvalue weighted by atomic mass is 10.1. The van der Waals surface area contributed by atoms with E-state index in [2.05, 4.69) is 10.3 Å². The van der Waals surface area contributed by atoms with Crippen molar-refractivity contribution in [3.63, 3.8) is 0 Å². The average molecular weight is 461 g/mol. The number of carbonyl (C=O) groups excluding carboxylic acids is 2. The SMILES string of the molecule is CC(C)(C)OC(=O)NC(CC(F)(F)Sc1nc2ccccc2s1)C(=O)OC(C)(C)C. The van der Waals surface area contributed by atoms with Crippen LogP contribution in [0, 0.1) is 0 Å². The van der Waals surface area contributed by atoms with Crippen molar-refractivity contribution in [2.75, 3.05) is 0 Å². The summed E-state index contributed by atoms with van der Waals surface area (Å²) in [6, 6.07) is 5.52. The van der Waals surface area contributed by atoms with Crippen LogP contribution in [-0.4, -0.2) is 39.5 Å². The number of aromatic nitrogens is 1. The van der Waals surface area contributed by atoms with Gasteiger partial charge < -0.3 is 14.8 Å². The first kappa shape index (κ1) is 24.3. The number of ether oxygens (including phenoxy) is 2. The summed E-state index contributed by atoms with van der Waals surface area (Å²) in [5.41, 5.74) is -1.13. The van der Waals surface area contributed by atoms with Gasteiger partial charge in [-0.15, -0.1) is 11.3 Å². The van der Waals surface area contributed by atoms with E-state index in [4.69, 9.17) is 9.47 Å². The summed E-state index contributed by atoms with van der Waals surface area (Å²) in [7, 11) is 0. The maximum absolute atomic E-state index is 14.8. The molecule has 6 nitrogen and oxygen atoms in total. The molecular weight excluding hydrogens is 434 g/mol. The summed E-state index contributed by atoms with van der Waals surface area (Å²) in [6.45, 7) is 9.74. The van der Waals surface area contributed by atoms with Crippen LogP contribution in [-0.2, 0) is 14.3 Å². The van der Waals surface area contributed by atoms with Crippen molar-refractivity contribution in [1.82, 2.24) is 10.3 Å². The number of alkyl carbamates (subject to hydrolysis) is 1. The Bertz CT molecular complexity index is 871. The molecule has 1 aromatic heterocycles. The zero-order valence-electron chi connectivity index (χ0n) is 17.7. The average Bonchev–Trinajstić information content (AvgIpc) is 2.91. The Kier molecular flexibility index (Phi) is 7.34. The van der Waals surface area contributed by atoms with E-state index >= 15 is 0 Å². The molecule has 166 valence electrons. The van der Waals surface area contributed by atoms with Crippen molar-refractivity contribution >= 4 is 45.4 Å². The molecule has 0 spiro atoms. The third-order valence-electron chi connectivity index (χ3n) is 3.33. The van der Waals surface area contributed by atoms with Gasteiger partial charge in [-0.05, 0) is 65.4 Å². The van der Waals surface area contributed by atoms with E-state index in [0.717, 1.165) is 16.0 Å². The van der Waals surface area contributed by atoms with Gasteiger partial charge in [-0.3, -0.25) is 0 Å². The van der Waals surface area contributed by atoms with Crippen LogP contribution in [0.3, 0.4) is 0 Å². The number of amides is 1. The van der Waals surface area contributed by atoms with Gasteiger partial charge in [0.1, 0.15) is 17.2 Å². The van der Waals surface area contributed by atoms with Crippen LogP contribution >= 0.6 is 23.1 Å². The summed E-state index contributed by atoms with van der Waals surface area (Å²) < 4.78 is 40.9. The molecule has 1 heterocycles. The van der Waals surface area contributed by atoms with Crippen LogP contribution in [0.15, 0.2) is 28.6 Å². The van der Waals surface area contributed by atoms with Gasteiger partial charge in [0.2, 0.25) is 0 Å². The minimum Gasteiger partial charge on any atom is -0.458 e. The van der Waals surface area contributed by atoms with Gasteiger partial charge >= 0.3 is 17.3 Å². The number of nitrogens with one attached hydrogen (secondary N) is 1. The molecule has 1 amide bonds. The lowest BCUT2D eigenvalue weighted by Crippen LogP contribution is -2.48. The number of fused-ring (bicyclic) bond motifs is 1. The smallest absolute Gasteiger partial charge is 0.408 e. The topological polar surface area (TPSA) is 77.5 Å². The Morgan fingerprint density at radius 1 is 1.10 bits per heavy atom. The quantitative estimate of drug-likeness (QED) is 0.446. The zero-order valence-corrected chi connectivity index (χ0v) is 19.4. The van der Waals surface area contributed by atoms with E-state index in [1.54, 1.807) is 65.8 Å². The molecule has 1 atom stereocenters. The number of hydrogen-bond acceptors (Lipinski definition) is 7. The highest BCUT2D eigenvalue weighted by Gasteiger charge is 2.41. The zero-order chi connectivity index (χ0) is 22.7. The number of halogens is 2. The molecule has 0 fully saturated rings. The first-order valence-electron chi connectivity index (χ1n) is 9.28. The number of thioether (sulfide) groups is 1. The number of para-hydroxylation sites is 1. The lowest BCUT2D eigenvalue weighted by Gasteiger charge is -2.27. The molecule has 0 radical (unpaired) electrons. The number of esters is 1. The van der Waals surface area contributed by atoms with Crippen LogP contribution in [0.4, 0.5) is 13.6 Å². The number of thiazole rings is 1. The van der Waals surface area contributed by atoms with E-state index < -0.39 is 41.0 Å². The summed E-state index contributed by atoms with van der Waals surface area (Å²) in [6.07, 6.45) is -1.94. The summed E-state index contributed by atoms with van der Waals surface area (Å²) in [5.74, 6) is -0.960. The predicted octanol–water partition coefficient (Wildman–Crippen LogP) is 5.61. The van der Waals surface area contributed by atoms with Gasteiger partial charge in [0, 0.05) is 0 Å². The molecule has 0 bridgehead atoms. The fraction of sp³-hybridized carbons (Fsp3) is 0.550. The minimum absolute atomic E-state index is 0.168. The number of alkyl halides is 2. The first-order valence-corrected chi connectivity index (χ1v) is 10.9. The second-order valence-electron chi connectivity index (χ2n) is 8.62. The Balaban J connectivity index is 2.16. The second kappa shape index (κ2) is 9.05. The van der Waals surface area contributed by atoms with E-state index in [-0.39, 0.29) is 16.1 Å². The fourth-order valence-corrected chi connectivity index (χ4v) is 4.47. The molecule has 2 aromatic rings. The molecule has 1 aromatic carbocycles. The van der Waals surface area contributed by atoms with Gasteiger partial charge in [0.25, 0.3) is 0 Å². The molecule has 2 rings (SSSR count). The van der Waals surface area contributed by atoms with Crippen LogP contribution in [0.5, 0.6) is 0 Å². The highest BCUT2D eigenvalue weighted by atomic mass is 32.2. The Morgan fingerprint density at radius 3 is 2.27 bits per heavy atom. The normalized spacial score (nSPS) is 13.7. The summed E-state index contributed by atoms with van der Waals surface area (Å²) in [4.78, 5) is 28.8. The predicted molar refractivity (Wildman–Crippen MR) is 114 cm³/mol. The van der Waals surface area contributed by atoms with Crippen molar-refractivity contribution in [3.8, 4) is 0 Å². The van der Waals surface area contributed by atoms with Crippen molar-refractivity contribution in [3.05, 3.63) is 24.3 Å². The minimum atomic E-state index is -3.38. The Morgan fingerprint density at radius 2 is 1.70 bits per heavy atom. The van der Waals surface area contributed by atoms with Crippen molar-refractivity contribution in [2.24, 2.45) is 0 Å². The highest BCUT2D eigenvalue weighted by Crippen LogP contribution is 2.42. The Hall–Kier alpha value is -1.94. The second-order valence-corrected chi connectivity index (χ2v) is 11.1. The monoisotopic (exact) mass is 460 g/mol. The molecule has 1 N–H and O–H groups in total. The van der Waals surface area contributed by atoms with E-state index in [0.29, 0.717) is 5.52 Å². The van der Waals surface area contributed by atoms with Crippen molar-refractivity contribution in [1.29, 1.82) is 0 Å². The largest absolute Gasteiger partial charge is 0.458 e. The number of carbonyl (C=O) groups is 2. The van der Waals surface area contributed by atoms with Crippen LogP contribution < -0.4 is 5.32 Å². The molecule has 0 saturated carbocycles. The van der Waals surface area contributed by atoms with Gasteiger partial charge in [-0.2, -0.15) is 8.78 Å². The van der Waals surface area contributed by atoms with Crippen LogP contribution in [0.2, 0.25) is 0 Å². The summed E-state index contributed by atoms with van der Waals surface area (Å²) in [5, 5.41) is -1.17. The molecule has 1 unspecified atom stereocenters. The molecule has 0 saturated heterocycles. The maximum Gasteiger partial charge on any atom is 0.408 e. The van der Waals surface area contributed by atoms with E-state index in [9.17, 15) is 18.4 Å². The van der Waals surface area contributed by atoms with Crippen LogP contribution in [0.25, 0.3) is 10.2 Å². The van der Waals surface area contributed by atoms with Crippen molar-refractivity contribution < 1.29 is 27.8 Å². The molecule has 0 aliphatic carbocycles. The highest BCUT2D eigenvalue weighted by molar-refractivity contribution is 8.02. The van der Waals surface area contributed by atoms with E-state index in [1.807, 2.05) is 0 Å². The number of rotatable bonds is 6. The van der Waals surface area contributed by atoms with Gasteiger partial charge in [-0.25, -0.2) is 14.6 Å². The van der Waals surface area contributed by atoms with Gasteiger partial charge in [0.15, 0.2) is 4.34 Å². The fourth-order valence-electron chi connectivity index (χ4n) is 2.32. The number of benzene rings is 1. The Labute approximate surface area is 182 Å². The third kappa shape index (κ3) is 8.06. The van der Waals surface area contributed by atoms with E-state index in [1.165, 1.54) is 0 Å². The summed E-state index contributed by atoms with van der Waals surface area (Å²) >= 11 is 1.38.